The summed E-state index contributed by atoms with van der Waals surface area (Å²) in [5, 5.41) is 18.6. The molecule has 3 N–H and O–H groups in total. The van der Waals surface area contributed by atoms with Gasteiger partial charge in [0.15, 0.2) is 14.6 Å². The molecule has 4 rings (SSSR count). The molecule has 1 aromatic rings. The number of aromatic nitrogens is 1. The fraction of sp³-hybridized carbons (Fsp3) is 0.583. The summed E-state index contributed by atoms with van der Waals surface area (Å²) in [5.74, 6) is 11.0. The van der Waals surface area contributed by atoms with E-state index >= 15 is 0 Å². The molecule has 3 aliphatic rings. The van der Waals surface area contributed by atoms with E-state index in [4.69, 9.17) is 9.94 Å². The zero-order valence-corrected chi connectivity index (χ0v) is 21.0. The molecule has 2 saturated heterocycles. The van der Waals surface area contributed by atoms with Gasteiger partial charge in [-0.1, -0.05) is 11.8 Å². The quantitative estimate of drug-likeness (QED) is 0.247. The molecule has 4 heterocycles. The standard InChI is InChI=1S/C24H30N4O7S/c1-24(22(30)25-32,36(2,33)34)7-8-26-13-19-9-17(12-28(19)23(26)31)5-3-4-6-18-10-20(14-29)27(11-18)21-15-35-16-21/h9,12,18,20-21,29,32H,7-8,10-11,13-16H2,1-2H3,(H,25,30)/t18-,20+,24+/m0/s1. The lowest BCUT2D eigenvalue weighted by Crippen LogP contribution is -2.51. The van der Waals surface area contributed by atoms with Crippen molar-refractivity contribution in [2.45, 2.75) is 43.1 Å². The molecule has 194 valence electrons. The Kier molecular flexibility index (Phi) is 7.46. The average Bonchev–Trinajstić information content (AvgIpc) is 3.47. The van der Waals surface area contributed by atoms with Crippen LogP contribution in [0.5, 0.6) is 0 Å². The first kappa shape index (κ1) is 26.2. The van der Waals surface area contributed by atoms with Crippen molar-refractivity contribution >= 4 is 21.8 Å². The van der Waals surface area contributed by atoms with Crippen LogP contribution in [-0.2, 0) is 25.9 Å². The van der Waals surface area contributed by atoms with Gasteiger partial charge >= 0.3 is 6.03 Å². The maximum absolute atomic E-state index is 12.8. The molecule has 0 saturated carbocycles. The summed E-state index contributed by atoms with van der Waals surface area (Å²) >= 11 is 0. The minimum absolute atomic E-state index is 0.0181. The number of carbonyl (C=O) groups excluding carboxylic acids is 2. The summed E-state index contributed by atoms with van der Waals surface area (Å²) in [6, 6.07) is 1.89. The fourth-order valence-corrected chi connectivity index (χ4v) is 5.57. The normalized spacial score (nSPS) is 23.7. The zero-order valence-electron chi connectivity index (χ0n) is 20.2. The van der Waals surface area contributed by atoms with Crippen molar-refractivity contribution in [3.8, 4) is 23.7 Å². The number of nitrogens with zero attached hydrogens (tertiary/aromatic N) is 3. The number of carbonyl (C=O) groups is 2. The van der Waals surface area contributed by atoms with Gasteiger partial charge in [-0.05, 0) is 37.7 Å². The van der Waals surface area contributed by atoms with Crippen molar-refractivity contribution in [2.75, 3.05) is 39.2 Å². The number of likely N-dealkylation sites (tertiary alicyclic amines) is 1. The van der Waals surface area contributed by atoms with Gasteiger partial charge < -0.3 is 14.7 Å². The number of fused-ring (bicyclic) bond motifs is 1. The summed E-state index contributed by atoms with van der Waals surface area (Å²) in [7, 11) is -3.84. The average molecular weight is 519 g/mol. The third kappa shape index (κ3) is 5.01. The van der Waals surface area contributed by atoms with Gasteiger partial charge in [0.05, 0.1) is 32.4 Å². The van der Waals surface area contributed by atoms with E-state index in [1.165, 1.54) is 21.9 Å². The van der Waals surface area contributed by atoms with Gasteiger partial charge in [-0.25, -0.2) is 18.7 Å². The number of hydroxylamine groups is 1. The van der Waals surface area contributed by atoms with Crippen molar-refractivity contribution in [1.82, 2.24) is 19.8 Å². The van der Waals surface area contributed by atoms with E-state index in [1.54, 1.807) is 12.3 Å². The Balaban J connectivity index is 1.35. The first-order chi connectivity index (χ1) is 17.1. The van der Waals surface area contributed by atoms with Crippen LogP contribution in [0.25, 0.3) is 0 Å². The van der Waals surface area contributed by atoms with Crippen LogP contribution in [0, 0.1) is 29.6 Å². The van der Waals surface area contributed by atoms with Crippen LogP contribution in [0.15, 0.2) is 12.3 Å². The minimum Gasteiger partial charge on any atom is -0.395 e. The fourth-order valence-electron chi connectivity index (χ4n) is 4.73. The highest BCUT2D eigenvalue weighted by atomic mass is 32.2. The molecule has 11 nitrogen and oxygen atoms in total. The molecule has 0 aromatic carbocycles. The molecule has 36 heavy (non-hydrogen) atoms. The Morgan fingerprint density at radius 1 is 1.33 bits per heavy atom. The molecule has 0 unspecified atom stereocenters. The largest absolute Gasteiger partial charge is 0.395 e. The van der Waals surface area contributed by atoms with Crippen LogP contribution in [-0.4, -0.2) is 101 Å². The third-order valence-corrected chi connectivity index (χ3v) is 9.32. The number of rotatable bonds is 7. The van der Waals surface area contributed by atoms with Gasteiger partial charge in [0.25, 0.3) is 5.91 Å². The van der Waals surface area contributed by atoms with Gasteiger partial charge in [-0.15, -0.1) is 0 Å². The SMILES string of the molecule is C[C@@](CCN1Cc2cc(C#CC#C[C@H]3C[C@H](CO)N(C4COC4)C3)cn2C1=O)(C(=O)NO)S(C)(=O)=O. The molecule has 3 atom stereocenters. The van der Waals surface area contributed by atoms with E-state index in [-0.39, 0.29) is 44.1 Å². The summed E-state index contributed by atoms with van der Waals surface area (Å²) in [6.45, 7) is 3.77. The number of aliphatic hydroxyl groups is 1. The highest BCUT2D eigenvalue weighted by Gasteiger charge is 2.44. The predicted molar refractivity (Wildman–Crippen MR) is 128 cm³/mol. The van der Waals surface area contributed by atoms with Crippen LogP contribution in [0.1, 0.15) is 31.0 Å². The molecule has 3 aliphatic heterocycles. The van der Waals surface area contributed by atoms with Crippen LogP contribution in [0.2, 0.25) is 0 Å². The summed E-state index contributed by atoms with van der Waals surface area (Å²) < 4.78 is 29.1. The molecular formula is C24H30N4O7S. The number of nitrogens with one attached hydrogen (secondary N) is 1. The molecule has 1 aromatic heterocycles. The molecule has 2 amide bonds. The van der Waals surface area contributed by atoms with Gasteiger partial charge in [-0.2, -0.15) is 0 Å². The second-order valence-corrected chi connectivity index (χ2v) is 12.1. The van der Waals surface area contributed by atoms with E-state index in [0.717, 1.165) is 19.2 Å². The summed E-state index contributed by atoms with van der Waals surface area (Å²) in [4.78, 5) is 28.5. The number of aliphatic hydroxyl groups excluding tert-OH is 1. The second-order valence-electron chi connectivity index (χ2n) is 9.66. The van der Waals surface area contributed by atoms with E-state index in [9.17, 15) is 23.1 Å². The van der Waals surface area contributed by atoms with Crippen molar-refractivity contribution in [3.63, 3.8) is 0 Å². The highest BCUT2D eigenvalue weighted by molar-refractivity contribution is 7.92. The number of hydrogen-bond acceptors (Lipinski definition) is 8. The van der Waals surface area contributed by atoms with Crippen LogP contribution in [0.4, 0.5) is 4.79 Å². The number of amides is 2. The van der Waals surface area contributed by atoms with E-state index in [2.05, 4.69) is 28.6 Å². The summed E-state index contributed by atoms with van der Waals surface area (Å²) in [6.07, 6.45) is 3.16. The minimum atomic E-state index is -3.84. The van der Waals surface area contributed by atoms with Crippen molar-refractivity contribution in [1.29, 1.82) is 0 Å². The van der Waals surface area contributed by atoms with Crippen LogP contribution in [0.3, 0.4) is 0 Å². The van der Waals surface area contributed by atoms with Crippen molar-refractivity contribution < 1.29 is 33.1 Å². The van der Waals surface area contributed by atoms with Crippen molar-refractivity contribution in [3.05, 3.63) is 23.5 Å². The second kappa shape index (κ2) is 10.2. The lowest BCUT2D eigenvalue weighted by molar-refractivity contribution is -0.131. The monoisotopic (exact) mass is 518 g/mol. The Morgan fingerprint density at radius 2 is 2.08 bits per heavy atom. The lowest BCUT2D eigenvalue weighted by Gasteiger charge is -2.37. The Hall–Kier alpha value is -2.87. The van der Waals surface area contributed by atoms with Gasteiger partial charge in [0.1, 0.15) is 0 Å². The van der Waals surface area contributed by atoms with Gasteiger partial charge in [-0.3, -0.25) is 19.5 Å². The number of ether oxygens (including phenoxy) is 1. The molecular weight excluding hydrogens is 488 g/mol. The Labute approximate surface area is 210 Å². The maximum atomic E-state index is 12.8. The summed E-state index contributed by atoms with van der Waals surface area (Å²) in [5.41, 5.74) is 2.74. The molecule has 0 bridgehead atoms. The van der Waals surface area contributed by atoms with E-state index in [0.29, 0.717) is 30.5 Å². The highest BCUT2D eigenvalue weighted by Crippen LogP contribution is 2.28. The predicted octanol–water partition coefficient (Wildman–Crippen LogP) is -0.593. The van der Waals surface area contributed by atoms with E-state index in [1.807, 2.05) is 0 Å². The van der Waals surface area contributed by atoms with E-state index < -0.39 is 20.5 Å². The first-order valence-corrected chi connectivity index (χ1v) is 13.6. The third-order valence-electron chi connectivity index (χ3n) is 7.29. The van der Waals surface area contributed by atoms with Crippen molar-refractivity contribution in [2.24, 2.45) is 5.92 Å². The molecule has 0 spiro atoms. The topological polar surface area (TPSA) is 141 Å². The number of sulfone groups is 1. The Bertz CT molecular complexity index is 1260. The van der Waals surface area contributed by atoms with Crippen LogP contribution < -0.4 is 5.48 Å². The van der Waals surface area contributed by atoms with Gasteiger partial charge in [0, 0.05) is 48.8 Å². The first-order valence-electron chi connectivity index (χ1n) is 11.7. The smallest absolute Gasteiger partial charge is 0.328 e. The Morgan fingerprint density at radius 3 is 2.67 bits per heavy atom. The van der Waals surface area contributed by atoms with Gasteiger partial charge in [0.2, 0.25) is 0 Å². The molecule has 0 aliphatic carbocycles. The molecule has 0 radical (unpaired) electrons. The lowest BCUT2D eigenvalue weighted by atomic mass is 10.1. The maximum Gasteiger partial charge on any atom is 0.328 e. The van der Waals surface area contributed by atoms with Crippen LogP contribution >= 0.6 is 0 Å². The molecule has 2 fully saturated rings. The molecule has 12 heteroatoms. The number of hydrogen-bond donors (Lipinski definition) is 3. The zero-order chi connectivity index (χ0) is 26.1.